The van der Waals surface area contributed by atoms with Gasteiger partial charge in [-0.3, -0.25) is 10.2 Å². The molecule has 1 aromatic heterocycles. The zero-order chi connectivity index (χ0) is 18.4. The maximum Gasteiger partial charge on any atom is 0.343 e. The molecule has 9 heteroatoms. The highest BCUT2D eigenvalue weighted by Gasteiger charge is 2.20. The predicted molar refractivity (Wildman–Crippen MR) is 95.3 cm³/mol. The van der Waals surface area contributed by atoms with Crippen molar-refractivity contribution < 1.29 is 14.3 Å². The van der Waals surface area contributed by atoms with Gasteiger partial charge in [-0.15, -0.1) is 0 Å². The number of nitrogens with zero attached hydrogens (tertiary/aromatic N) is 3. The Balaban J connectivity index is 2.25. The standard InChI is InChI=1S/C16H13ClN4O3S/c1-3-24-16(23)13-9(2)21-25-15(13)20-19-12(8-18)14(22)10-4-6-11(17)7-5-10/h4-7,20H,3H2,1-2H3/b19-12+. The molecule has 1 heterocycles. The molecular weight excluding hydrogens is 364 g/mol. The summed E-state index contributed by atoms with van der Waals surface area (Å²) in [5, 5.41) is 13.8. The molecule has 7 nitrogen and oxygen atoms in total. The van der Waals surface area contributed by atoms with Crippen molar-refractivity contribution in [3.8, 4) is 6.07 Å². The molecule has 0 aliphatic carbocycles. The van der Waals surface area contributed by atoms with E-state index in [1.54, 1.807) is 32.0 Å². The summed E-state index contributed by atoms with van der Waals surface area (Å²) < 4.78 is 9.03. The number of halogens is 1. The molecule has 1 aromatic carbocycles. The minimum absolute atomic E-state index is 0.218. The molecule has 0 amide bonds. The van der Waals surface area contributed by atoms with Crippen LogP contribution in [0.3, 0.4) is 0 Å². The van der Waals surface area contributed by atoms with Crippen LogP contribution >= 0.6 is 23.1 Å². The van der Waals surface area contributed by atoms with Gasteiger partial charge in [0.05, 0.1) is 12.3 Å². The maximum atomic E-state index is 12.3. The van der Waals surface area contributed by atoms with Crippen molar-refractivity contribution in [2.45, 2.75) is 13.8 Å². The van der Waals surface area contributed by atoms with E-state index in [0.29, 0.717) is 15.7 Å². The lowest BCUT2D eigenvalue weighted by molar-refractivity contribution is 0.0527. The third-order valence-electron chi connectivity index (χ3n) is 3.04. The third-order valence-corrected chi connectivity index (χ3v) is 4.13. The summed E-state index contributed by atoms with van der Waals surface area (Å²) in [6.07, 6.45) is 0. The first-order chi connectivity index (χ1) is 12.0. The molecule has 0 aliphatic rings. The fraction of sp³-hybridized carbons (Fsp3) is 0.188. The van der Waals surface area contributed by atoms with Gasteiger partial charge in [-0.1, -0.05) is 11.6 Å². The van der Waals surface area contributed by atoms with Crippen LogP contribution in [0.5, 0.6) is 0 Å². The Morgan fingerprint density at radius 2 is 2.08 bits per heavy atom. The Bertz CT molecular complexity index is 868. The van der Waals surface area contributed by atoms with Gasteiger partial charge in [0.15, 0.2) is 0 Å². The number of Topliss-reactive ketones (excluding diaryl/α,β-unsaturated/α-hetero) is 1. The van der Waals surface area contributed by atoms with E-state index in [4.69, 9.17) is 16.3 Å². The Hall–Kier alpha value is -2.76. The SMILES string of the molecule is CCOC(=O)c1c(C)nsc1N/N=C(\C#N)C(=O)c1ccc(Cl)cc1. The molecule has 0 fully saturated rings. The molecule has 0 radical (unpaired) electrons. The second-order valence-corrected chi connectivity index (χ2v) is 5.92. The molecule has 0 saturated carbocycles. The highest BCUT2D eigenvalue weighted by Crippen LogP contribution is 2.25. The van der Waals surface area contributed by atoms with Crippen molar-refractivity contribution in [2.24, 2.45) is 5.10 Å². The van der Waals surface area contributed by atoms with Gasteiger partial charge in [-0.25, -0.2) is 4.79 Å². The van der Waals surface area contributed by atoms with E-state index in [0.717, 1.165) is 11.5 Å². The van der Waals surface area contributed by atoms with Gasteiger partial charge < -0.3 is 4.74 Å². The van der Waals surface area contributed by atoms with Crippen molar-refractivity contribution in [1.82, 2.24) is 4.37 Å². The lowest BCUT2D eigenvalue weighted by Crippen LogP contribution is -2.14. The molecule has 128 valence electrons. The van der Waals surface area contributed by atoms with Gasteiger partial charge in [0.1, 0.15) is 16.6 Å². The van der Waals surface area contributed by atoms with Gasteiger partial charge in [0, 0.05) is 10.6 Å². The van der Waals surface area contributed by atoms with E-state index >= 15 is 0 Å². The van der Waals surface area contributed by atoms with Crippen LogP contribution in [0.15, 0.2) is 29.4 Å². The molecule has 1 N–H and O–H groups in total. The summed E-state index contributed by atoms with van der Waals surface area (Å²) in [5.41, 5.74) is 3.18. The summed E-state index contributed by atoms with van der Waals surface area (Å²) in [5.74, 6) is -1.11. The number of nitrogens with one attached hydrogen (secondary N) is 1. The fourth-order valence-corrected chi connectivity index (χ4v) is 2.72. The number of hydrazone groups is 1. The van der Waals surface area contributed by atoms with Crippen molar-refractivity contribution >= 4 is 45.6 Å². The van der Waals surface area contributed by atoms with E-state index in [-0.39, 0.29) is 23.4 Å². The van der Waals surface area contributed by atoms with Crippen LogP contribution in [0.4, 0.5) is 5.00 Å². The largest absolute Gasteiger partial charge is 0.462 e. The van der Waals surface area contributed by atoms with Crippen molar-refractivity contribution in [3.05, 3.63) is 46.1 Å². The number of carbonyl (C=O) groups is 2. The monoisotopic (exact) mass is 376 g/mol. The third kappa shape index (κ3) is 4.41. The first-order valence-corrected chi connectivity index (χ1v) is 8.30. The summed E-state index contributed by atoms with van der Waals surface area (Å²) in [7, 11) is 0. The van der Waals surface area contributed by atoms with Crippen LogP contribution < -0.4 is 5.43 Å². The van der Waals surface area contributed by atoms with Crippen LogP contribution in [0.1, 0.15) is 33.3 Å². The topological polar surface area (TPSA) is 104 Å². The van der Waals surface area contributed by atoms with Crippen molar-refractivity contribution in [3.63, 3.8) is 0 Å². The quantitative estimate of drug-likeness (QED) is 0.358. The van der Waals surface area contributed by atoms with E-state index < -0.39 is 11.8 Å². The van der Waals surface area contributed by atoms with Crippen LogP contribution in [0.25, 0.3) is 0 Å². The van der Waals surface area contributed by atoms with Gasteiger partial charge >= 0.3 is 5.97 Å². The number of carbonyl (C=O) groups excluding carboxylic acids is 2. The molecule has 0 unspecified atom stereocenters. The number of aryl methyl sites for hydroxylation is 1. The minimum Gasteiger partial charge on any atom is -0.462 e. The number of nitriles is 1. The Labute approximate surface area is 153 Å². The number of ketones is 1. The number of rotatable bonds is 6. The Kier molecular flexibility index (Phi) is 6.22. The van der Waals surface area contributed by atoms with Crippen LogP contribution in [-0.2, 0) is 4.74 Å². The molecule has 0 saturated heterocycles. The molecule has 0 atom stereocenters. The van der Waals surface area contributed by atoms with Crippen LogP contribution in [-0.4, -0.2) is 28.4 Å². The first-order valence-electron chi connectivity index (χ1n) is 7.15. The van der Waals surface area contributed by atoms with Gasteiger partial charge in [-0.2, -0.15) is 14.7 Å². The summed E-state index contributed by atoms with van der Waals surface area (Å²) in [6.45, 7) is 3.56. The van der Waals surface area contributed by atoms with E-state index in [1.807, 2.05) is 0 Å². The average Bonchev–Trinajstić information content (AvgIpc) is 2.97. The second kappa shape index (κ2) is 8.37. The van der Waals surface area contributed by atoms with E-state index in [9.17, 15) is 14.9 Å². The highest BCUT2D eigenvalue weighted by molar-refractivity contribution is 7.10. The lowest BCUT2D eigenvalue weighted by atomic mass is 10.1. The molecule has 2 aromatic rings. The van der Waals surface area contributed by atoms with Gasteiger partial charge in [0.25, 0.3) is 0 Å². The average molecular weight is 377 g/mol. The zero-order valence-electron chi connectivity index (χ0n) is 13.4. The van der Waals surface area contributed by atoms with Crippen LogP contribution in [0, 0.1) is 18.3 Å². The van der Waals surface area contributed by atoms with Crippen LogP contribution in [0.2, 0.25) is 5.02 Å². The number of ether oxygens (including phenoxy) is 1. The van der Waals surface area contributed by atoms with Gasteiger partial charge in [-0.05, 0) is 49.6 Å². The number of benzene rings is 1. The predicted octanol–water partition coefficient (Wildman–Crippen LogP) is 3.46. The second-order valence-electron chi connectivity index (χ2n) is 4.71. The molecule has 2 rings (SSSR count). The Morgan fingerprint density at radius 1 is 1.40 bits per heavy atom. The number of anilines is 1. The fourth-order valence-electron chi connectivity index (χ4n) is 1.86. The molecular formula is C16H13ClN4O3S. The van der Waals surface area contributed by atoms with Crippen molar-refractivity contribution in [1.29, 1.82) is 5.26 Å². The minimum atomic E-state index is -0.564. The first kappa shape index (κ1) is 18.6. The molecule has 0 spiro atoms. The molecule has 0 bridgehead atoms. The smallest absolute Gasteiger partial charge is 0.343 e. The van der Waals surface area contributed by atoms with Gasteiger partial charge in [0.2, 0.25) is 11.5 Å². The number of esters is 1. The number of hydrogen-bond donors (Lipinski definition) is 1. The summed E-state index contributed by atoms with van der Waals surface area (Å²) >= 11 is 6.76. The normalized spacial score (nSPS) is 10.9. The number of hydrogen-bond acceptors (Lipinski definition) is 8. The van der Waals surface area contributed by atoms with E-state index in [2.05, 4.69) is 14.9 Å². The number of aromatic nitrogens is 1. The summed E-state index contributed by atoms with van der Waals surface area (Å²) in [6, 6.07) is 7.82. The molecule has 0 aliphatic heterocycles. The zero-order valence-corrected chi connectivity index (χ0v) is 14.9. The summed E-state index contributed by atoms with van der Waals surface area (Å²) in [4.78, 5) is 24.3. The lowest BCUT2D eigenvalue weighted by Gasteiger charge is -2.04. The molecule has 25 heavy (non-hydrogen) atoms. The Morgan fingerprint density at radius 3 is 2.68 bits per heavy atom. The maximum absolute atomic E-state index is 12.3. The van der Waals surface area contributed by atoms with Crippen molar-refractivity contribution in [2.75, 3.05) is 12.0 Å². The van der Waals surface area contributed by atoms with E-state index in [1.165, 1.54) is 12.1 Å². The highest BCUT2D eigenvalue weighted by atomic mass is 35.5.